The van der Waals surface area contributed by atoms with Gasteiger partial charge in [-0.2, -0.15) is 10.4 Å². The lowest BCUT2D eigenvalue weighted by atomic mass is 9.73. The van der Waals surface area contributed by atoms with E-state index in [2.05, 4.69) is 34.6 Å². The summed E-state index contributed by atoms with van der Waals surface area (Å²) in [6.07, 6.45) is 9.85. The largest absolute Gasteiger partial charge is 0.300 e. The second-order valence-electron chi connectivity index (χ2n) is 9.37. The molecule has 1 spiro atoms. The number of fused-ring (bicyclic) bond motifs is 4. The summed E-state index contributed by atoms with van der Waals surface area (Å²) in [5.74, 6) is 2.09. The highest BCUT2D eigenvalue weighted by Crippen LogP contribution is 2.46. The van der Waals surface area contributed by atoms with E-state index in [-0.39, 0.29) is 11.3 Å². The Labute approximate surface area is 156 Å². The number of quaternary nitrogens is 1. The zero-order valence-corrected chi connectivity index (χ0v) is 16.0. The van der Waals surface area contributed by atoms with Crippen LogP contribution in [0, 0.1) is 11.8 Å². The molecule has 3 unspecified atom stereocenters. The highest BCUT2D eigenvalue weighted by atomic mass is 16.2. The molecule has 26 heavy (non-hydrogen) atoms. The van der Waals surface area contributed by atoms with Crippen LogP contribution in [-0.4, -0.2) is 36.5 Å². The molecule has 5 rings (SSSR count). The second-order valence-corrected chi connectivity index (χ2v) is 9.37. The number of para-hydroxylation sites is 1. The number of hydrogen-bond acceptors (Lipinski definition) is 2. The van der Waals surface area contributed by atoms with Gasteiger partial charge in [0.05, 0.1) is 5.41 Å². The van der Waals surface area contributed by atoms with Crippen LogP contribution in [0.5, 0.6) is 0 Å². The fraction of sp³-hybridized carbons (Fsp3) is 0.682. The molecule has 4 heteroatoms. The van der Waals surface area contributed by atoms with Crippen molar-refractivity contribution in [1.29, 1.82) is 0 Å². The van der Waals surface area contributed by atoms with Gasteiger partial charge in [0, 0.05) is 24.6 Å². The Bertz CT molecular complexity index is 682. The third kappa shape index (κ3) is 2.78. The van der Waals surface area contributed by atoms with Crippen LogP contribution in [0.1, 0.15) is 57.4 Å². The molecule has 1 aromatic carbocycles. The molecule has 2 saturated carbocycles. The van der Waals surface area contributed by atoms with Crippen molar-refractivity contribution < 1.29 is 9.80 Å². The highest BCUT2D eigenvalue weighted by molar-refractivity contribution is 5.71. The van der Waals surface area contributed by atoms with Crippen molar-refractivity contribution in [2.45, 2.75) is 63.3 Å². The molecular formula is C22H32N3O+. The van der Waals surface area contributed by atoms with Crippen LogP contribution in [-0.2, 0) is 10.2 Å². The number of piperidine rings is 1. The molecule has 2 heterocycles. The number of amides is 1. The molecule has 2 aliphatic carbocycles. The summed E-state index contributed by atoms with van der Waals surface area (Å²) in [5, 5.41) is 1.15. The van der Waals surface area contributed by atoms with Crippen molar-refractivity contribution in [3.63, 3.8) is 0 Å². The van der Waals surface area contributed by atoms with Crippen molar-refractivity contribution in [3.8, 4) is 0 Å². The predicted octanol–water partition coefficient (Wildman–Crippen LogP) is 2.18. The number of nitrogens with one attached hydrogen (secondary N) is 2. The van der Waals surface area contributed by atoms with E-state index in [0.717, 1.165) is 29.4 Å². The summed E-state index contributed by atoms with van der Waals surface area (Å²) in [4.78, 5) is 14.5. The molecule has 2 N–H and O–H groups in total. The fourth-order valence-electron chi connectivity index (χ4n) is 6.60. The van der Waals surface area contributed by atoms with E-state index in [0.29, 0.717) is 0 Å². The van der Waals surface area contributed by atoms with Crippen LogP contribution in [0.4, 0.5) is 5.69 Å². The normalized spacial score (nSPS) is 35.4. The first-order valence-corrected chi connectivity index (χ1v) is 10.6. The second kappa shape index (κ2) is 6.35. The molecule has 4 aliphatic rings. The Morgan fingerprint density at radius 1 is 1.12 bits per heavy atom. The maximum absolute atomic E-state index is 11.7. The summed E-state index contributed by atoms with van der Waals surface area (Å²) in [6.45, 7) is 5.09. The minimum Gasteiger partial charge on any atom is -0.300 e. The molecule has 3 atom stereocenters. The van der Waals surface area contributed by atoms with Crippen molar-refractivity contribution in [3.05, 3.63) is 29.8 Å². The lowest BCUT2D eigenvalue weighted by molar-refractivity contribution is -0.868. The summed E-state index contributed by atoms with van der Waals surface area (Å²) >= 11 is 0. The standard InChI is InChI=1S/C22H31N3O/c1-16(26)23-25-15-22(20-4-2-3-5-21(20)25)8-10-24(11-9-22)19-13-17-6-7-18(12-17)14-19/h2-5,17-19H,6-15H2,1H3,(H,23,26)/p+1. The monoisotopic (exact) mass is 354 g/mol. The van der Waals surface area contributed by atoms with Crippen LogP contribution in [0.15, 0.2) is 24.3 Å². The molecule has 1 saturated heterocycles. The van der Waals surface area contributed by atoms with Gasteiger partial charge in [0.1, 0.15) is 6.54 Å². The summed E-state index contributed by atoms with van der Waals surface area (Å²) in [6, 6.07) is 9.62. The number of carbonyl (C=O) groups is 1. The third-order valence-electron chi connectivity index (χ3n) is 7.80. The van der Waals surface area contributed by atoms with Gasteiger partial charge < -0.3 is 4.90 Å². The van der Waals surface area contributed by atoms with Crippen LogP contribution in [0.2, 0.25) is 0 Å². The first-order valence-electron chi connectivity index (χ1n) is 10.6. The van der Waals surface area contributed by atoms with Gasteiger partial charge in [0.2, 0.25) is 0 Å². The van der Waals surface area contributed by atoms with Gasteiger partial charge in [-0.05, 0) is 57.0 Å². The van der Waals surface area contributed by atoms with Crippen molar-refractivity contribution in [2.75, 3.05) is 19.6 Å². The van der Waals surface area contributed by atoms with Crippen LogP contribution in [0.25, 0.3) is 0 Å². The first-order chi connectivity index (χ1) is 12.6. The summed E-state index contributed by atoms with van der Waals surface area (Å²) in [7, 11) is 0. The van der Waals surface area contributed by atoms with Gasteiger partial charge in [-0.3, -0.25) is 4.79 Å². The van der Waals surface area contributed by atoms with Crippen LogP contribution in [0.3, 0.4) is 0 Å². The minimum absolute atomic E-state index is 0.0574. The topological polar surface area (TPSA) is 36.8 Å². The van der Waals surface area contributed by atoms with Crippen molar-refractivity contribution in [1.82, 2.24) is 10.3 Å². The molecule has 140 valence electrons. The molecular weight excluding hydrogens is 322 g/mol. The smallest absolute Gasteiger partial charge is 0.262 e. The third-order valence-corrected chi connectivity index (χ3v) is 7.80. The number of likely N-dealkylation sites (tertiary alicyclic amines) is 1. The zero-order chi connectivity index (χ0) is 17.7. The lowest BCUT2D eigenvalue weighted by Crippen LogP contribution is -3.14. The molecule has 0 radical (unpaired) electrons. The van der Waals surface area contributed by atoms with Crippen molar-refractivity contribution in [2.24, 2.45) is 11.8 Å². The Kier molecular flexibility index (Phi) is 4.09. The molecule has 3 fully saturated rings. The van der Waals surface area contributed by atoms with Gasteiger partial charge >= 0.3 is 0 Å². The van der Waals surface area contributed by atoms with Gasteiger partial charge in [-0.1, -0.05) is 31.0 Å². The van der Waals surface area contributed by atoms with Gasteiger partial charge in [0.25, 0.3) is 5.91 Å². The van der Waals surface area contributed by atoms with E-state index >= 15 is 0 Å². The van der Waals surface area contributed by atoms with E-state index in [1.807, 2.05) is 0 Å². The first kappa shape index (κ1) is 16.8. The van der Waals surface area contributed by atoms with Gasteiger partial charge in [0.15, 0.2) is 5.69 Å². The zero-order valence-electron chi connectivity index (χ0n) is 16.0. The van der Waals surface area contributed by atoms with E-state index in [1.165, 1.54) is 69.3 Å². The SMILES string of the molecule is CC(=O)N[NH+]1CC2(CCN(C3CC4CCC(C4)C3)CC2)c2ccccc21. The average Bonchev–Trinajstić information content (AvgIpc) is 3.13. The quantitative estimate of drug-likeness (QED) is 0.854. The number of rotatable bonds is 2. The van der Waals surface area contributed by atoms with E-state index in [4.69, 9.17) is 0 Å². The average molecular weight is 355 g/mol. The Hall–Kier alpha value is -1.39. The van der Waals surface area contributed by atoms with E-state index < -0.39 is 0 Å². The lowest BCUT2D eigenvalue weighted by Gasteiger charge is -2.44. The summed E-state index contributed by atoms with van der Waals surface area (Å²) < 4.78 is 0. The number of benzene rings is 1. The highest BCUT2D eigenvalue weighted by Gasteiger charge is 2.50. The number of nitrogens with zero attached hydrogens (tertiary/aromatic N) is 1. The molecule has 0 aromatic heterocycles. The Balaban J connectivity index is 1.32. The molecule has 2 bridgehead atoms. The van der Waals surface area contributed by atoms with E-state index in [1.54, 1.807) is 6.92 Å². The Morgan fingerprint density at radius 2 is 1.81 bits per heavy atom. The van der Waals surface area contributed by atoms with Crippen LogP contribution < -0.4 is 10.4 Å². The predicted molar refractivity (Wildman–Crippen MR) is 102 cm³/mol. The van der Waals surface area contributed by atoms with Crippen LogP contribution >= 0.6 is 0 Å². The van der Waals surface area contributed by atoms with Crippen molar-refractivity contribution >= 4 is 11.6 Å². The van der Waals surface area contributed by atoms with Gasteiger partial charge in [-0.15, -0.1) is 0 Å². The molecule has 1 aromatic rings. The molecule has 4 nitrogen and oxygen atoms in total. The number of hydrogen-bond donors (Lipinski definition) is 2. The summed E-state index contributed by atoms with van der Waals surface area (Å²) in [5.41, 5.74) is 6.14. The molecule has 2 aliphatic heterocycles. The maximum atomic E-state index is 11.7. The van der Waals surface area contributed by atoms with E-state index in [9.17, 15) is 4.79 Å². The fourth-order valence-corrected chi connectivity index (χ4v) is 6.60. The Morgan fingerprint density at radius 3 is 2.50 bits per heavy atom. The van der Waals surface area contributed by atoms with Gasteiger partial charge in [-0.25, -0.2) is 0 Å². The minimum atomic E-state index is 0.0574. The maximum Gasteiger partial charge on any atom is 0.262 e. The molecule has 1 amide bonds. The number of carbonyl (C=O) groups excluding carboxylic acids is 1.